The summed E-state index contributed by atoms with van der Waals surface area (Å²) in [6.07, 6.45) is -0.603. The van der Waals surface area contributed by atoms with E-state index in [-0.39, 0.29) is 11.9 Å². The molecule has 1 amide bonds. The molecule has 0 heterocycles. The van der Waals surface area contributed by atoms with Crippen molar-refractivity contribution in [2.24, 2.45) is 0 Å². The van der Waals surface area contributed by atoms with Gasteiger partial charge in [0.1, 0.15) is 11.5 Å². The van der Waals surface area contributed by atoms with Gasteiger partial charge in [-0.25, -0.2) is 0 Å². The number of carbonyl (C=O) groups excluding carboxylic acids is 1. The van der Waals surface area contributed by atoms with E-state index >= 15 is 0 Å². The molecule has 0 aliphatic rings. The Kier molecular flexibility index (Phi) is 5.42. The molecule has 3 aromatic carbocycles. The average molecular weight is 349 g/mol. The zero-order chi connectivity index (χ0) is 18.5. The van der Waals surface area contributed by atoms with Gasteiger partial charge in [-0.05, 0) is 42.8 Å². The highest BCUT2D eigenvalue weighted by atomic mass is 16.5. The molecule has 3 rings (SSSR count). The third-order valence-corrected chi connectivity index (χ3v) is 4.37. The maximum absolute atomic E-state index is 12.5. The molecular formula is C22H23NO3. The topological polar surface area (TPSA) is 47.6 Å². The summed E-state index contributed by atoms with van der Waals surface area (Å²) >= 11 is 0. The van der Waals surface area contributed by atoms with Crippen molar-refractivity contribution in [2.75, 3.05) is 7.11 Å². The zero-order valence-electron chi connectivity index (χ0n) is 15.2. The zero-order valence-corrected chi connectivity index (χ0v) is 15.2. The summed E-state index contributed by atoms with van der Waals surface area (Å²) in [5, 5.41) is 5.21. The first-order valence-electron chi connectivity index (χ1n) is 8.67. The highest BCUT2D eigenvalue weighted by Gasteiger charge is 2.19. The molecule has 0 spiro atoms. The fourth-order valence-electron chi connectivity index (χ4n) is 2.93. The first-order chi connectivity index (χ1) is 12.6. The molecule has 3 aromatic rings. The van der Waals surface area contributed by atoms with Crippen molar-refractivity contribution in [1.29, 1.82) is 0 Å². The molecule has 0 saturated carbocycles. The monoisotopic (exact) mass is 349 g/mol. The minimum Gasteiger partial charge on any atom is -0.496 e. The van der Waals surface area contributed by atoms with Gasteiger partial charge < -0.3 is 14.8 Å². The lowest BCUT2D eigenvalue weighted by molar-refractivity contribution is -0.127. The number of amides is 1. The first kappa shape index (κ1) is 17.8. The van der Waals surface area contributed by atoms with Crippen LogP contribution in [0.3, 0.4) is 0 Å². The molecule has 0 aliphatic heterocycles. The molecule has 2 atom stereocenters. The normalized spacial score (nSPS) is 13.0. The van der Waals surface area contributed by atoms with Gasteiger partial charge in [-0.3, -0.25) is 4.79 Å². The van der Waals surface area contributed by atoms with Crippen molar-refractivity contribution in [3.8, 4) is 11.5 Å². The van der Waals surface area contributed by atoms with E-state index in [4.69, 9.17) is 9.47 Å². The Balaban J connectivity index is 1.67. The van der Waals surface area contributed by atoms with Gasteiger partial charge in [0.2, 0.25) is 0 Å². The number of hydrogen-bond acceptors (Lipinski definition) is 3. The van der Waals surface area contributed by atoms with Gasteiger partial charge in [0.25, 0.3) is 5.91 Å². The smallest absolute Gasteiger partial charge is 0.261 e. The standard InChI is InChI=1S/C22H23NO3/c1-15(20-10-6-7-11-21(20)25-3)23-22(24)16(2)26-19-13-12-17-8-4-5-9-18(17)14-19/h4-16H,1-3H3,(H,23,24)/t15-,16+/m0/s1. The van der Waals surface area contributed by atoms with Crippen LogP contribution in [0.15, 0.2) is 66.7 Å². The Labute approximate surface area is 153 Å². The van der Waals surface area contributed by atoms with Gasteiger partial charge in [-0.2, -0.15) is 0 Å². The number of nitrogens with one attached hydrogen (secondary N) is 1. The summed E-state index contributed by atoms with van der Waals surface area (Å²) < 4.78 is 11.2. The Hall–Kier alpha value is -3.01. The molecule has 26 heavy (non-hydrogen) atoms. The second-order valence-electron chi connectivity index (χ2n) is 6.24. The molecule has 0 unspecified atom stereocenters. The minimum absolute atomic E-state index is 0.170. The van der Waals surface area contributed by atoms with Crippen LogP contribution >= 0.6 is 0 Å². The lowest BCUT2D eigenvalue weighted by Gasteiger charge is -2.20. The van der Waals surface area contributed by atoms with Crippen LogP contribution in [0.5, 0.6) is 11.5 Å². The van der Waals surface area contributed by atoms with Crippen LogP contribution in [-0.4, -0.2) is 19.1 Å². The molecule has 4 nitrogen and oxygen atoms in total. The van der Waals surface area contributed by atoms with Crippen molar-refractivity contribution in [3.05, 3.63) is 72.3 Å². The summed E-state index contributed by atoms with van der Waals surface area (Å²) in [7, 11) is 1.62. The number of ether oxygens (including phenoxy) is 2. The number of carbonyl (C=O) groups is 1. The Morgan fingerprint density at radius 3 is 2.38 bits per heavy atom. The number of para-hydroxylation sites is 1. The minimum atomic E-state index is -0.603. The fraction of sp³-hybridized carbons (Fsp3) is 0.227. The number of fused-ring (bicyclic) bond motifs is 1. The van der Waals surface area contributed by atoms with Crippen LogP contribution in [-0.2, 0) is 4.79 Å². The van der Waals surface area contributed by atoms with E-state index in [2.05, 4.69) is 5.32 Å². The third kappa shape index (κ3) is 3.97. The summed E-state index contributed by atoms with van der Waals surface area (Å²) in [4.78, 5) is 12.5. The second kappa shape index (κ2) is 7.91. The average Bonchev–Trinajstić information content (AvgIpc) is 2.67. The van der Waals surface area contributed by atoms with E-state index in [0.717, 1.165) is 22.1 Å². The number of rotatable bonds is 6. The van der Waals surface area contributed by atoms with E-state index in [9.17, 15) is 4.79 Å². The molecule has 0 aromatic heterocycles. The summed E-state index contributed by atoms with van der Waals surface area (Å²) in [5.74, 6) is 1.26. The predicted molar refractivity (Wildman–Crippen MR) is 104 cm³/mol. The third-order valence-electron chi connectivity index (χ3n) is 4.37. The predicted octanol–water partition coefficient (Wildman–Crippen LogP) is 4.49. The van der Waals surface area contributed by atoms with Crippen molar-refractivity contribution >= 4 is 16.7 Å². The van der Waals surface area contributed by atoms with E-state index < -0.39 is 6.10 Å². The largest absolute Gasteiger partial charge is 0.496 e. The van der Waals surface area contributed by atoms with Crippen LogP contribution in [0.1, 0.15) is 25.5 Å². The first-order valence-corrected chi connectivity index (χ1v) is 8.67. The van der Waals surface area contributed by atoms with Gasteiger partial charge in [-0.1, -0.05) is 48.5 Å². The van der Waals surface area contributed by atoms with Crippen molar-refractivity contribution in [1.82, 2.24) is 5.32 Å². The second-order valence-corrected chi connectivity index (χ2v) is 6.24. The lowest BCUT2D eigenvalue weighted by Crippen LogP contribution is -2.37. The van der Waals surface area contributed by atoms with Crippen molar-refractivity contribution in [3.63, 3.8) is 0 Å². The van der Waals surface area contributed by atoms with Gasteiger partial charge in [0, 0.05) is 5.56 Å². The fourth-order valence-corrected chi connectivity index (χ4v) is 2.93. The summed E-state index contributed by atoms with van der Waals surface area (Å²) in [5.41, 5.74) is 0.932. The summed E-state index contributed by atoms with van der Waals surface area (Å²) in [6.45, 7) is 3.68. The van der Waals surface area contributed by atoms with Crippen LogP contribution in [0.25, 0.3) is 10.8 Å². The molecule has 0 bridgehead atoms. The quantitative estimate of drug-likeness (QED) is 0.713. The van der Waals surface area contributed by atoms with Crippen LogP contribution in [0.2, 0.25) is 0 Å². The molecule has 0 fully saturated rings. The maximum atomic E-state index is 12.5. The molecule has 0 radical (unpaired) electrons. The van der Waals surface area contributed by atoms with Gasteiger partial charge >= 0.3 is 0 Å². The van der Waals surface area contributed by atoms with E-state index in [1.807, 2.05) is 73.7 Å². The van der Waals surface area contributed by atoms with Crippen LogP contribution < -0.4 is 14.8 Å². The number of benzene rings is 3. The molecule has 1 N–H and O–H groups in total. The van der Waals surface area contributed by atoms with Gasteiger partial charge in [0.15, 0.2) is 6.10 Å². The van der Waals surface area contributed by atoms with Gasteiger partial charge in [-0.15, -0.1) is 0 Å². The maximum Gasteiger partial charge on any atom is 0.261 e. The summed E-state index contributed by atoms with van der Waals surface area (Å²) in [6, 6.07) is 21.4. The SMILES string of the molecule is COc1ccccc1[C@H](C)NC(=O)[C@@H](C)Oc1ccc2ccccc2c1. The van der Waals surface area contributed by atoms with Gasteiger partial charge in [0.05, 0.1) is 13.2 Å². The van der Waals surface area contributed by atoms with Crippen molar-refractivity contribution in [2.45, 2.75) is 26.0 Å². The van der Waals surface area contributed by atoms with E-state index in [1.54, 1.807) is 14.0 Å². The Morgan fingerprint density at radius 1 is 0.923 bits per heavy atom. The number of methoxy groups -OCH3 is 1. The Bertz CT molecular complexity index is 907. The Morgan fingerprint density at radius 2 is 1.62 bits per heavy atom. The molecule has 0 saturated heterocycles. The molecular weight excluding hydrogens is 326 g/mol. The molecule has 134 valence electrons. The van der Waals surface area contributed by atoms with E-state index in [1.165, 1.54) is 0 Å². The molecule has 4 heteroatoms. The molecule has 0 aliphatic carbocycles. The number of hydrogen-bond donors (Lipinski definition) is 1. The highest BCUT2D eigenvalue weighted by Crippen LogP contribution is 2.25. The van der Waals surface area contributed by atoms with Crippen LogP contribution in [0.4, 0.5) is 0 Å². The lowest BCUT2D eigenvalue weighted by atomic mass is 10.1. The van der Waals surface area contributed by atoms with Crippen molar-refractivity contribution < 1.29 is 14.3 Å². The van der Waals surface area contributed by atoms with Crippen LogP contribution in [0, 0.1) is 0 Å². The van der Waals surface area contributed by atoms with E-state index in [0.29, 0.717) is 5.75 Å². The highest BCUT2D eigenvalue weighted by molar-refractivity contribution is 5.84.